The number of nitrogens with zero attached hydrogens (tertiary/aromatic N) is 3. The van der Waals surface area contributed by atoms with Crippen molar-refractivity contribution < 1.29 is 31.3 Å². The number of amides is 1. The van der Waals surface area contributed by atoms with Crippen LogP contribution in [0.1, 0.15) is 44.9 Å². The Hall–Kier alpha value is -3.85. The van der Waals surface area contributed by atoms with Crippen LogP contribution in [0.2, 0.25) is 0 Å². The zero-order chi connectivity index (χ0) is 30.5. The van der Waals surface area contributed by atoms with E-state index < -0.39 is 22.7 Å². The van der Waals surface area contributed by atoms with Crippen LogP contribution in [0, 0.1) is 17.2 Å². The van der Waals surface area contributed by atoms with Crippen molar-refractivity contribution in [3.8, 4) is 34.5 Å². The van der Waals surface area contributed by atoms with Gasteiger partial charge in [-0.2, -0.15) is 5.26 Å². The number of hydrogen-bond donors (Lipinski definition) is 1. The van der Waals surface area contributed by atoms with E-state index in [9.17, 15) is 22.2 Å². The van der Waals surface area contributed by atoms with Crippen LogP contribution >= 0.6 is 0 Å². The molecule has 43 heavy (non-hydrogen) atoms. The predicted octanol–water partition coefficient (Wildman–Crippen LogP) is 6.21. The number of para-hydroxylation sites is 1. The number of rotatable bonds is 6. The highest BCUT2D eigenvalue weighted by molar-refractivity contribution is 7.85. The molecule has 6 rings (SSSR count). The van der Waals surface area contributed by atoms with Gasteiger partial charge in [0.2, 0.25) is 11.8 Å². The lowest BCUT2D eigenvalue weighted by atomic mass is 9.88. The number of ether oxygens (including phenoxy) is 1. The first-order valence-electron chi connectivity index (χ1n) is 14.4. The topological polar surface area (TPSA) is 108 Å². The van der Waals surface area contributed by atoms with E-state index in [1.54, 1.807) is 6.07 Å². The second-order valence-corrected chi connectivity index (χ2v) is 12.7. The van der Waals surface area contributed by atoms with Crippen molar-refractivity contribution in [2.24, 2.45) is 5.92 Å². The van der Waals surface area contributed by atoms with E-state index in [-0.39, 0.29) is 29.0 Å². The highest BCUT2D eigenvalue weighted by Crippen LogP contribution is 2.36. The summed E-state index contributed by atoms with van der Waals surface area (Å²) < 4.78 is 58.9. The molecule has 2 aromatic carbocycles. The molecule has 0 bridgehead atoms. The highest BCUT2D eigenvalue weighted by atomic mass is 32.2. The fourth-order valence-corrected chi connectivity index (χ4v) is 6.27. The minimum Gasteiger partial charge on any atom is -0.444 e. The number of carbonyl (C=O) groups excluding carboxylic acids is 1. The number of hydrogen-bond acceptors (Lipinski definition) is 7. The zero-order valence-corrected chi connectivity index (χ0v) is 24.4. The molecule has 0 unspecified atom stereocenters. The standard InChI is InChI=1S/C20H17F3N2O3S.C11H16N2O/c21-20(22,23)28-18-4-2-1-3-16(18)19-24-17(13-27-19)14-5-7-15(8-6-14)25-9-11-29(26)12-10-25;12-8-11(6-7-11)13-10(14)9-4-2-1-3-5-9/h1-8,13H,9-12H2;9H,1-7H2,(H,13,14). The van der Waals surface area contributed by atoms with Crippen molar-refractivity contribution in [3.05, 3.63) is 54.8 Å². The van der Waals surface area contributed by atoms with Gasteiger partial charge < -0.3 is 19.4 Å². The molecular formula is C31H33F3N4O4S. The van der Waals surface area contributed by atoms with Gasteiger partial charge in [0, 0.05) is 52.6 Å². The summed E-state index contributed by atoms with van der Waals surface area (Å²) in [5.74, 6) is 1.29. The van der Waals surface area contributed by atoms with Crippen molar-refractivity contribution in [1.29, 1.82) is 5.26 Å². The number of anilines is 1. The van der Waals surface area contributed by atoms with E-state index in [1.807, 2.05) is 24.3 Å². The number of nitriles is 1. The molecule has 1 amide bonds. The van der Waals surface area contributed by atoms with Crippen molar-refractivity contribution in [2.75, 3.05) is 29.5 Å². The maximum absolute atomic E-state index is 12.6. The van der Waals surface area contributed by atoms with Gasteiger partial charge in [0.25, 0.3) is 0 Å². The third-order valence-electron chi connectivity index (χ3n) is 7.86. The second-order valence-electron chi connectivity index (χ2n) is 11.0. The monoisotopic (exact) mass is 614 g/mol. The van der Waals surface area contributed by atoms with E-state index in [0.29, 0.717) is 17.2 Å². The van der Waals surface area contributed by atoms with Gasteiger partial charge in [-0.1, -0.05) is 43.5 Å². The Balaban J connectivity index is 0.000000220. The average molecular weight is 615 g/mol. The van der Waals surface area contributed by atoms with Crippen molar-refractivity contribution in [1.82, 2.24) is 10.3 Å². The number of aromatic nitrogens is 1. The summed E-state index contributed by atoms with van der Waals surface area (Å²) in [5.41, 5.74) is 1.95. The van der Waals surface area contributed by atoms with Gasteiger partial charge in [0.1, 0.15) is 23.2 Å². The summed E-state index contributed by atoms with van der Waals surface area (Å²) in [4.78, 5) is 18.2. The van der Waals surface area contributed by atoms with Crippen molar-refractivity contribution in [2.45, 2.75) is 56.8 Å². The summed E-state index contributed by atoms with van der Waals surface area (Å²) in [7, 11) is -0.738. The Kier molecular flexibility index (Phi) is 9.40. The lowest BCUT2D eigenvalue weighted by molar-refractivity contribution is -0.274. The summed E-state index contributed by atoms with van der Waals surface area (Å²) in [6.45, 7) is 1.49. The third kappa shape index (κ3) is 8.16. The molecule has 8 nitrogen and oxygen atoms in total. The normalized spacial score (nSPS) is 18.6. The lowest BCUT2D eigenvalue weighted by Crippen LogP contribution is -2.40. The summed E-state index contributed by atoms with van der Waals surface area (Å²) >= 11 is 0. The van der Waals surface area contributed by atoms with Crippen molar-refractivity contribution in [3.63, 3.8) is 0 Å². The van der Waals surface area contributed by atoms with Gasteiger partial charge in [-0.15, -0.1) is 13.2 Å². The molecule has 1 N–H and O–H groups in total. The van der Waals surface area contributed by atoms with Crippen LogP contribution in [0.3, 0.4) is 0 Å². The molecule has 1 saturated heterocycles. The molecule has 228 valence electrons. The lowest BCUT2D eigenvalue weighted by Gasteiger charge is -2.28. The number of nitrogens with one attached hydrogen (secondary N) is 1. The van der Waals surface area contributed by atoms with Gasteiger partial charge in [0.05, 0.1) is 11.6 Å². The largest absolute Gasteiger partial charge is 0.573 e. The first-order chi connectivity index (χ1) is 20.6. The first kappa shape index (κ1) is 30.6. The molecule has 3 aliphatic rings. The quantitative estimate of drug-likeness (QED) is 0.352. The molecule has 0 atom stereocenters. The van der Waals surface area contributed by atoms with Crippen LogP contribution in [0.15, 0.2) is 59.2 Å². The van der Waals surface area contributed by atoms with Gasteiger partial charge in [0.15, 0.2) is 0 Å². The Morgan fingerprint density at radius 2 is 1.74 bits per heavy atom. The van der Waals surface area contributed by atoms with Gasteiger partial charge in [-0.05, 0) is 49.9 Å². The van der Waals surface area contributed by atoms with Crippen LogP contribution in [0.4, 0.5) is 18.9 Å². The van der Waals surface area contributed by atoms with E-state index in [4.69, 9.17) is 9.68 Å². The number of alkyl halides is 3. The fraction of sp³-hybridized carbons (Fsp3) is 0.452. The van der Waals surface area contributed by atoms with E-state index >= 15 is 0 Å². The van der Waals surface area contributed by atoms with Crippen LogP contribution in [0.25, 0.3) is 22.7 Å². The molecule has 1 aromatic heterocycles. The molecule has 2 heterocycles. The maximum Gasteiger partial charge on any atom is 0.573 e. The summed E-state index contributed by atoms with van der Waals surface area (Å²) in [6, 6.07) is 15.5. The first-order valence-corrected chi connectivity index (χ1v) is 15.9. The zero-order valence-electron chi connectivity index (χ0n) is 23.6. The van der Waals surface area contributed by atoms with Crippen molar-refractivity contribution >= 4 is 22.4 Å². The van der Waals surface area contributed by atoms with Crippen LogP contribution in [-0.4, -0.2) is 51.6 Å². The van der Waals surface area contributed by atoms with Gasteiger partial charge in [-0.25, -0.2) is 4.98 Å². The van der Waals surface area contributed by atoms with E-state index in [0.717, 1.165) is 62.9 Å². The Bertz CT molecular complexity index is 1470. The van der Waals surface area contributed by atoms with Crippen LogP contribution < -0.4 is 15.0 Å². The number of oxazole rings is 1. The highest BCUT2D eigenvalue weighted by Gasteiger charge is 2.45. The van der Waals surface area contributed by atoms with Crippen LogP contribution in [0.5, 0.6) is 5.75 Å². The Morgan fingerprint density at radius 3 is 2.37 bits per heavy atom. The second kappa shape index (κ2) is 13.2. The molecule has 0 radical (unpaired) electrons. The number of carbonyl (C=O) groups is 1. The van der Waals surface area contributed by atoms with E-state index in [2.05, 4.69) is 26.0 Å². The SMILES string of the molecule is N#CC1(NC(=O)C2CCCCC2)CC1.O=S1CCN(c2ccc(-c3coc(-c4ccccc4OC(F)(F)F)n3)cc2)CC1. The number of halogens is 3. The number of benzene rings is 2. The fourth-order valence-electron chi connectivity index (χ4n) is 5.22. The predicted molar refractivity (Wildman–Crippen MR) is 156 cm³/mol. The Morgan fingerprint density at radius 1 is 1.07 bits per heavy atom. The molecule has 3 fully saturated rings. The smallest absolute Gasteiger partial charge is 0.444 e. The molecule has 2 saturated carbocycles. The molecule has 3 aromatic rings. The third-order valence-corrected chi connectivity index (χ3v) is 9.13. The molecule has 12 heteroatoms. The van der Waals surface area contributed by atoms with Gasteiger partial charge in [-0.3, -0.25) is 9.00 Å². The molecule has 0 spiro atoms. The van der Waals surface area contributed by atoms with Crippen LogP contribution in [-0.2, 0) is 15.6 Å². The molecular weight excluding hydrogens is 581 g/mol. The summed E-state index contributed by atoms with van der Waals surface area (Å²) in [6.07, 6.45) is 3.87. The van der Waals surface area contributed by atoms with Gasteiger partial charge >= 0.3 is 6.36 Å². The molecule has 2 aliphatic carbocycles. The Labute approximate surface area is 250 Å². The summed E-state index contributed by atoms with van der Waals surface area (Å²) in [5, 5.41) is 11.7. The minimum absolute atomic E-state index is 0.0439. The maximum atomic E-state index is 12.6. The minimum atomic E-state index is -4.80. The average Bonchev–Trinajstić information content (AvgIpc) is 3.61. The van der Waals surface area contributed by atoms with E-state index in [1.165, 1.54) is 30.9 Å². The molecule has 1 aliphatic heterocycles.